The van der Waals surface area contributed by atoms with Gasteiger partial charge in [-0.25, -0.2) is 0 Å². The molecular formula is C23H23N3O4. The minimum atomic E-state index is -0.131. The van der Waals surface area contributed by atoms with Crippen LogP contribution in [0, 0.1) is 5.92 Å². The van der Waals surface area contributed by atoms with Crippen molar-refractivity contribution in [1.29, 1.82) is 0 Å². The summed E-state index contributed by atoms with van der Waals surface area (Å²) in [5.74, 6) is 0.112. The Morgan fingerprint density at radius 3 is 2.47 bits per heavy atom. The summed E-state index contributed by atoms with van der Waals surface area (Å²) in [5, 5.41) is 14.1. The largest absolute Gasteiger partial charge is 0.508 e. The molecule has 0 atom stereocenters. The van der Waals surface area contributed by atoms with E-state index in [2.05, 4.69) is 5.10 Å². The number of para-hydroxylation sites is 1. The van der Waals surface area contributed by atoms with Gasteiger partial charge in [0.25, 0.3) is 0 Å². The monoisotopic (exact) mass is 405 g/mol. The number of carbonyl (C=O) groups is 2. The van der Waals surface area contributed by atoms with Crippen LogP contribution >= 0.6 is 0 Å². The molecule has 7 nitrogen and oxygen atoms in total. The van der Waals surface area contributed by atoms with E-state index in [4.69, 9.17) is 0 Å². The molecule has 30 heavy (non-hydrogen) atoms. The van der Waals surface area contributed by atoms with E-state index in [1.807, 2.05) is 18.2 Å². The second kappa shape index (κ2) is 8.49. The smallest absolute Gasteiger partial charge is 0.224 e. The van der Waals surface area contributed by atoms with Crippen molar-refractivity contribution in [3.63, 3.8) is 0 Å². The number of phenols is 1. The summed E-state index contributed by atoms with van der Waals surface area (Å²) in [7, 11) is 0. The van der Waals surface area contributed by atoms with Crippen LogP contribution in [0.4, 0.5) is 0 Å². The van der Waals surface area contributed by atoms with Crippen LogP contribution in [-0.2, 0) is 11.3 Å². The maximum Gasteiger partial charge on any atom is 0.224 e. The van der Waals surface area contributed by atoms with Crippen molar-refractivity contribution in [2.45, 2.75) is 25.8 Å². The van der Waals surface area contributed by atoms with Gasteiger partial charge in [0.2, 0.25) is 11.3 Å². The van der Waals surface area contributed by atoms with Gasteiger partial charge in [-0.05, 0) is 49.2 Å². The Bertz CT molecular complexity index is 1130. The number of hydrogen-bond acceptors (Lipinski definition) is 5. The van der Waals surface area contributed by atoms with Gasteiger partial charge in [-0.1, -0.05) is 12.1 Å². The molecule has 0 aliphatic carbocycles. The Balaban J connectivity index is 1.34. The van der Waals surface area contributed by atoms with Crippen LogP contribution in [0.3, 0.4) is 0 Å². The molecule has 3 aromatic rings. The summed E-state index contributed by atoms with van der Waals surface area (Å²) >= 11 is 0. The molecule has 2 heterocycles. The third kappa shape index (κ3) is 4.10. The predicted octanol–water partition coefficient (Wildman–Crippen LogP) is 2.61. The number of aromatic hydroxyl groups is 1. The minimum Gasteiger partial charge on any atom is -0.508 e. The van der Waals surface area contributed by atoms with E-state index in [0.717, 1.165) is 5.52 Å². The first-order valence-corrected chi connectivity index (χ1v) is 10.1. The number of rotatable bonds is 5. The number of hydrogen-bond donors (Lipinski definition) is 1. The van der Waals surface area contributed by atoms with Gasteiger partial charge < -0.3 is 10.0 Å². The van der Waals surface area contributed by atoms with Crippen molar-refractivity contribution in [3.05, 3.63) is 70.5 Å². The van der Waals surface area contributed by atoms with Gasteiger partial charge in [0.1, 0.15) is 5.75 Å². The van der Waals surface area contributed by atoms with Gasteiger partial charge in [-0.15, -0.1) is 0 Å². The van der Waals surface area contributed by atoms with Gasteiger partial charge in [-0.2, -0.15) is 5.10 Å². The number of likely N-dealkylation sites (tertiary alicyclic amines) is 1. The zero-order valence-corrected chi connectivity index (χ0v) is 16.5. The Labute approximate surface area is 173 Å². The molecule has 0 unspecified atom stereocenters. The third-order valence-corrected chi connectivity index (χ3v) is 5.67. The Hall–Kier alpha value is -3.48. The van der Waals surface area contributed by atoms with Crippen LogP contribution in [0.5, 0.6) is 5.75 Å². The maximum absolute atomic E-state index is 12.7. The Kier molecular flexibility index (Phi) is 5.61. The highest BCUT2D eigenvalue weighted by Gasteiger charge is 2.27. The van der Waals surface area contributed by atoms with Gasteiger partial charge in [0, 0.05) is 36.4 Å². The molecule has 1 N–H and O–H groups in total. The predicted molar refractivity (Wildman–Crippen MR) is 112 cm³/mol. The van der Waals surface area contributed by atoms with Crippen LogP contribution in [0.2, 0.25) is 0 Å². The lowest BCUT2D eigenvalue weighted by Crippen LogP contribution is -2.40. The van der Waals surface area contributed by atoms with Gasteiger partial charge >= 0.3 is 0 Å². The lowest BCUT2D eigenvalue weighted by atomic mass is 9.89. The topological polar surface area (TPSA) is 92.5 Å². The van der Waals surface area contributed by atoms with E-state index in [0.29, 0.717) is 43.4 Å². The number of fused-ring (bicyclic) bond motifs is 1. The molecule has 1 aliphatic heterocycles. The van der Waals surface area contributed by atoms with Crippen molar-refractivity contribution in [1.82, 2.24) is 14.7 Å². The zero-order chi connectivity index (χ0) is 21.1. The van der Waals surface area contributed by atoms with Crippen molar-refractivity contribution in [2.75, 3.05) is 13.1 Å². The van der Waals surface area contributed by atoms with Gasteiger partial charge in [-0.3, -0.25) is 19.1 Å². The molecule has 1 amide bonds. The van der Waals surface area contributed by atoms with Crippen molar-refractivity contribution in [2.24, 2.45) is 5.92 Å². The minimum absolute atomic E-state index is 0.0233. The standard InChI is InChI=1S/C23H23N3O4/c27-18-7-5-16(6-8-18)23(30)17-9-12-25(13-10-17)22(29)11-14-26-20-4-2-1-3-19(20)21(28)15-24-26/h1-8,15,17,27H,9-14H2. The van der Waals surface area contributed by atoms with E-state index in [1.54, 1.807) is 27.8 Å². The van der Waals surface area contributed by atoms with Crippen LogP contribution in [0.15, 0.2) is 59.5 Å². The SMILES string of the molecule is O=C(c1ccc(O)cc1)C1CCN(C(=O)CCn2ncc(=O)c3ccccc32)CC1. The summed E-state index contributed by atoms with van der Waals surface area (Å²) in [6, 6.07) is 13.5. The molecule has 0 bridgehead atoms. The summed E-state index contributed by atoms with van der Waals surface area (Å²) in [4.78, 5) is 39.0. The number of piperidine rings is 1. The second-order valence-corrected chi connectivity index (χ2v) is 7.57. The fraction of sp³-hybridized carbons (Fsp3) is 0.304. The maximum atomic E-state index is 12.7. The van der Waals surface area contributed by atoms with E-state index in [1.165, 1.54) is 18.3 Å². The molecule has 0 radical (unpaired) electrons. The first-order chi connectivity index (χ1) is 14.5. The number of aromatic nitrogens is 2. The van der Waals surface area contributed by atoms with E-state index in [9.17, 15) is 19.5 Å². The molecule has 1 aromatic heterocycles. The lowest BCUT2D eigenvalue weighted by molar-refractivity contribution is -0.132. The molecule has 0 spiro atoms. The quantitative estimate of drug-likeness (QED) is 0.659. The van der Waals surface area contributed by atoms with Crippen molar-refractivity contribution >= 4 is 22.6 Å². The summed E-state index contributed by atoms with van der Waals surface area (Å²) in [5.41, 5.74) is 1.18. The Morgan fingerprint density at radius 1 is 1.03 bits per heavy atom. The molecule has 1 fully saturated rings. The highest BCUT2D eigenvalue weighted by molar-refractivity contribution is 5.98. The van der Waals surface area contributed by atoms with Gasteiger partial charge in [0.05, 0.1) is 18.3 Å². The second-order valence-electron chi connectivity index (χ2n) is 7.57. The molecule has 0 saturated carbocycles. The van der Waals surface area contributed by atoms with Crippen LogP contribution in [-0.4, -0.2) is 44.6 Å². The molecule has 2 aromatic carbocycles. The van der Waals surface area contributed by atoms with E-state index < -0.39 is 0 Å². The fourth-order valence-corrected chi connectivity index (χ4v) is 3.95. The number of carbonyl (C=O) groups excluding carboxylic acids is 2. The highest BCUT2D eigenvalue weighted by Crippen LogP contribution is 2.23. The molecule has 154 valence electrons. The number of ketones is 1. The molecule has 4 rings (SSSR count). The Morgan fingerprint density at radius 2 is 1.73 bits per heavy atom. The van der Waals surface area contributed by atoms with Crippen molar-refractivity contribution in [3.8, 4) is 5.75 Å². The molecule has 1 saturated heterocycles. The normalized spacial score (nSPS) is 14.7. The highest BCUT2D eigenvalue weighted by atomic mass is 16.3. The summed E-state index contributed by atoms with van der Waals surface area (Å²) < 4.78 is 1.69. The van der Waals surface area contributed by atoms with Crippen LogP contribution in [0.1, 0.15) is 29.6 Å². The molecular weight excluding hydrogens is 382 g/mol. The number of aryl methyl sites for hydroxylation is 1. The third-order valence-electron chi connectivity index (χ3n) is 5.67. The fourth-order valence-electron chi connectivity index (χ4n) is 3.95. The zero-order valence-electron chi connectivity index (χ0n) is 16.5. The number of nitrogens with zero attached hydrogens (tertiary/aromatic N) is 3. The van der Waals surface area contributed by atoms with E-state index >= 15 is 0 Å². The lowest BCUT2D eigenvalue weighted by Gasteiger charge is -2.31. The summed E-state index contributed by atoms with van der Waals surface area (Å²) in [6.07, 6.45) is 2.83. The number of benzene rings is 2. The number of phenolic OH excluding ortho intramolecular Hbond substituents is 1. The van der Waals surface area contributed by atoms with Gasteiger partial charge in [0.15, 0.2) is 5.78 Å². The first-order valence-electron chi connectivity index (χ1n) is 10.1. The number of amides is 1. The average Bonchev–Trinajstić information content (AvgIpc) is 2.79. The first kappa shape index (κ1) is 19.8. The van der Waals surface area contributed by atoms with Crippen molar-refractivity contribution < 1.29 is 14.7 Å². The molecule has 7 heteroatoms. The number of Topliss-reactive ketones (excluding diaryl/α,β-unsaturated/α-hetero) is 1. The molecule has 1 aliphatic rings. The van der Waals surface area contributed by atoms with E-state index in [-0.39, 0.29) is 35.2 Å². The van der Waals surface area contributed by atoms with Crippen LogP contribution in [0.25, 0.3) is 10.9 Å². The summed E-state index contributed by atoms with van der Waals surface area (Å²) in [6.45, 7) is 1.49. The average molecular weight is 405 g/mol. The van der Waals surface area contributed by atoms with Crippen LogP contribution < -0.4 is 5.43 Å².